The van der Waals surface area contributed by atoms with Crippen LogP contribution in [0.1, 0.15) is 16.1 Å². The first-order chi connectivity index (χ1) is 12.7. The topological polar surface area (TPSA) is 104 Å². The van der Waals surface area contributed by atoms with Crippen molar-refractivity contribution in [3.8, 4) is 11.4 Å². The van der Waals surface area contributed by atoms with Gasteiger partial charge in [0.25, 0.3) is 0 Å². The van der Waals surface area contributed by atoms with E-state index >= 15 is 0 Å². The van der Waals surface area contributed by atoms with E-state index in [2.05, 4.69) is 31.3 Å². The summed E-state index contributed by atoms with van der Waals surface area (Å²) in [6.07, 6.45) is 3.07. The molecule has 0 radical (unpaired) electrons. The van der Waals surface area contributed by atoms with Gasteiger partial charge in [-0.25, -0.2) is 14.8 Å². The second-order valence-electron chi connectivity index (χ2n) is 5.74. The van der Waals surface area contributed by atoms with Crippen LogP contribution in [0, 0.1) is 0 Å². The summed E-state index contributed by atoms with van der Waals surface area (Å²) < 4.78 is 0. The summed E-state index contributed by atoms with van der Waals surface area (Å²) in [5.41, 5.74) is 3.31. The summed E-state index contributed by atoms with van der Waals surface area (Å²) in [4.78, 5) is 27.3. The number of carboxylic acid groups (broad SMARTS) is 1. The van der Waals surface area contributed by atoms with Crippen molar-refractivity contribution in [3.05, 3.63) is 72.2 Å². The SMILES string of the molecule is O=C(O)c1ccnc(-c2ccnc(NCc3cc4ccccc4[nH]3)n2)c1. The van der Waals surface area contributed by atoms with Gasteiger partial charge in [0, 0.05) is 23.6 Å². The number of rotatable bonds is 5. The molecular formula is C19H15N5O2. The first kappa shape index (κ1) is 15.8. The van der Waals surface area contributed by atoms with Gasteiger partial charge >= 0.3 is 5.97 Å². The van der Waals surface area contributed by atoms with Crippen LogP contribution in [-0.4, -0.2) is 31.0 Å². The van der Waals surface area contributed by atoms with Crippen molar-refractivity contribution >= 4 is 22.8 Å². The number of carboxylic acids is 1. The fraction of sp³-hybridized carbons (Fsp3) is 0.0526. The van der Waals surface area contributed by atoms with Crippen LogP contribution in [0.4, 0.5) is 5.95 Å². The van der Waals surface area contributed by atoms with E-state index in [9.17, 15) is 4.79 Å². The number of fused-ring (bicyclic) bond motifs is 1. The molecular weight excluding hydrogens is 330 g/mol. The largest absolute Gasteiger partial charge is 0.478 e. The fourth-order valence-corrected chi connectivity index (χ4v) is 2.69. The molecule has 0 aliphatic carbocycles. The van der Waals surface area contributed by atoms with Crippen molar-refractivity contribution < 1.29 is 9.90 Å². The van der Waals surface area contributed by atoms with Crippen LogP contribution < -0.4 is 5.32 Å². The van der Waals surface area contributed by atoms with E-state index in [-0.39, 0.29) is 5.56 Å². The van der Waals surface area contributed by atoms with Crippen molar-refractivity contribution in [3.63, 3.8) is 0 Å². The number of carbonyl (C=O) groups is 1. The normalized spacial score (nSPS) is 10.8. The predicted octanol–water partition coefficient (Wildman–Crippen LogP) is 3.33. The minimum Gasteiger partial charge on any atom is -0.478 e. The highest BCUT2D eigenvalue weighted by Crippen LogP contribution is 2.18. The van der Waals surface area contributed by atoms with Crippen molar-refractivity contribution in [2.75, 3.05) is 5.32 Å². The smallest absolute Gasteiger partial charge is 0.335 e. The number of anilines is 1. The van der Waals surface area contributed by atoms with Crippen molar-refractivity contribution in [1.82, 2.24) is 19.9 Å². The zero-order chi connectivity index (χ0) is 17.9. The number of aromatic nitrogens is 4. The maximum Gasteiger partial charge on any atom is 0.335 e. The van der Waals surface area contributed by atoms with Crippen molar-refractivity contribution in [2.24, 2.45) is 0 Å². The summed E-state index contributed by atoms with van der Waals surface area (Å²) in [5.74, 6) is -0.552. The highest BCUT2D eigenvalue weighted by atomic mass is 16.4. The van der Waals surface area contributed by atoms with Crippen LogP contribution in [0.25, 0.3) is 22.3 Å². The molecule has 0 unspecified atom stereocenters. The molecule has 0 spiro atoms. The van der Waals surface area contributed by atoms with Crippen LogP contribution >= 0.6 is 0 Å². The molecule has 0 aliphatic heterocycles. The molecule has 3 heterocycles. The third-order valence-corrected chi connectivity index (χ3v) is 3.95. The standard InChI is InChI=1S/C19H15N5O2/c25-18(26)13-5-7-20-17(10-13)16-6-8-21-19(24-16)22-11-14-9-12-3-1-2-4-15(12)23-14/h1-10,23H,11H2,(H,25,26)(H,21,22,24). The maximum atomic E-state index is 11.1. The van der Waals surface area contributed by atoms with E-state index in [1.54, 1.807) is 12.3 Å². The predicted molar refractivity (Wildman–Crippen MR) is 97.8 cm³/mol. The van der Waals surface area contributed by atoms with E-state index < -0.39 is 5.97 Å². The number of pyridine rings is 1. The lowest BCUT2D eigenvalue weighted by atomic mass is 10.2. The van der Waals surface area contributed by atoms with Gasteiger partial charge in [0.2, 0.25) is 5.95 Å². The molecule has 0 fully saturated rings. The van der Waals surface area contributed by atoms with Gasteiger partial charge in [-0.1, -0.05) is 18.2 Å². The summed E-state index contributed by atoms with van der Waals surface area (Å²) in [7, 11) is 0. The lowest BCUT2D eigenvalue weighted by Crippen LogP contribution is -2.04. The number of nitrogens with one attached hydrogen (secondary N) is 2. The Bertz CT molecular complexity index is 1060. The monoisotopic (exact) mass is 345 g/mol. The Morgan fingerprint density at radius 2 is 1.88 bits per heavy atom. The number of benzene rings is 1. The number of aromatic amines is 1. The van der Waals surface area contributed by atoms with Gasteiger partial charge < -0.3 is 15.4 Å². The molecule has 7 heteroatoms. The molecule has 0 atom stereocenters. The Hall–Kier alpha value is -3.74. The van der Waals surface area contributed by atoms with Crippen LogP contribution in [0.2, 0.25) is 0 Å². The average Bonchev–Trinajstić information content (AvgIpc) is 3.10. The number of hydrogen-bond acceptors (Lipinski definition) is 5. The number of H-pyrrole nitrogens is 1. The molecule has 4 rings (SSSR count). The number of para-hydroxylation sites is 1. The molecule has 1 aromatic carbocycles. The van der Waals surface area contributed by atoms with Crippen LogP contribution in [-0.2, 0) is 6.54 Å². The summed E-state index contributed by atoms with van der Waals surface area (Å²) in [6, 6.07) is 14.8. The minimum atomic E-state index is -1.00. The highest BCUT2D eigenvalue weighted by molar-refractivity contribution is 5.88. The second-order valence-corrected chi connectivity index (χ2v) is 5.74. The van der Waals surface area contributed by atoms with Gasteiger partial charge in [-0.15, -0.1) is 0 Å². The zero-order valence-electron chi connectivity index (χ0n) is 13.7. The van der Waals surface area contributed by atoms with Gasteiger partial charge in [0.05, 0.1) is 23.5 Å². The van der Waals surface area contributed by atoms with Gasteiger partial charge in [0.1, 0.15) is 0 Å². The van der Waals surface area contributed by atoms with Gasteiger partial charge in [-0.05, 0) is 35.7 Å². The van der Waals surface area contributed by atoms with E-state index in [0.29, 0.717) is 23.9 Å². The molecule has 0 aliphatic rings. The second kappa shape index (κ2) is 6.64. The van der Waals surface area contributed by atoms with E-state index in [4.69, 9.17) is 5.11 Å². The molecule has 0 bridgehead atoms. The molecule has 26 heavy (non-hydrogen) atoms. The Balaban J connectivity index is 1.54. The Kier molecular flexibility index (Phi) is 4.03. The third-order valence-electron chi connectivity index (χ3n) is 3.95. The molecule has 0 amide bonds. The molecule has 128 valence electrons. The highest BCUT2D eigenvalue weighted by Gasteiger charge is 2.08. The first-order valence-electron chi connectivity index (χ1n) is 8.02. The average molecular weight is 345 g/mol. The quantitative estimate of drug-likeness (QED) is 0.512. The number of aromatic carboxylic acids is 1. The van der Waals surface area contributed by atoms with E-state index in [1.807, 2.05) is 24.3 Å². The summed E-state index contributed by atoms with van der Waals surface area (Å²) >= 11 is 0. The van der Waals surface area contributed by atoms with Crippen LogP contribution in [0.15, 0.2) is 60.9 Å². The van der Waals surface area contributed by atoms with Gasteiger partial charge in [0.15, 0.2) is 0 Å². The first-order valence-corrected chi connectivity index (χ1v) is 8.02. The molecule has 7 nitrogen and oxygen atoms in total. The minimum absolute atomic E-state index is 0.168. The lowest BCUT2D eigenvalue weighted by molar-refractivity contribution is 0.0697. The molecule has 0 saturated heterocycles. The molecule has 4 aromatic rings. The van der Waals surface area contributed by atoms with Gasteiger partial charge in [-0.2, -0.15) is 0 Å². The molecule has 3 N–H and O–H groups in total. The van der Waals surface area contributed by atoms with Gasteiger partial charge in [-0.3, -0.25) is 4.98 Å². The fourth-order valence-electron chi connectivity index (χ4n) is 2.69. The molecule has 0 saturated carbocycles. The Morgan fingerprint density at radius 3 is 2.73 bits per heavy atom. The number of hydrogen-bond donors (Lipinski definition) is 3. The van der Waals surface area contributed by atoms with Crippen LogP contribution in [0.5, 0.6) is 0 Å². The third kappa shape index (κ3) is 3.23. The van der Waals surface area contributed by atoms with E-state index in [0.717, 1.165) is 16.6 Å². The lowest BCUT2D eigenvalue weighted by Gasteiger charge is -2.06. The van der Waals surface area contributed by atoms with Crippen LogP contribution in [0.3, 0.4) is 0 Å². The zero-order valence-corrected chi connectivity index (χ0v) is 13.7. The Labute approximate surface area is 148 Å². The maximum absolute atomic E-state index is 11.1. The number of nitrogens with zero attached hydrogens (tertiary/aromatic N) is 3. The molecule has 3 aromatic heterocycles. The summed E-state index contributed by atoms with van der Waals surface area (Å²) in [6.45, 7) is 0.542. The summed E-state index contributed by atoms with van der Waals surface area (Å²) in [5, 5.41) is 13.4. The van der Waals surface area contributed by atoms with E-state index in [1.165, 1.54) is 18.3 Å². The van der Waals surface area contributed by atoms with Crippen molar-refractivity contribution in [2.45, 2.75) is 6.54 Å². The van der Waals surface area contributed by atoms with Crippen molar-refractivity contribution in [1.29, 1.82) is 0 Å². The Morgan fingerprint density at radius 1 is 1.04 bits per heavy atom.